The zero-order valence-electron chi connectivity index (χ0n) is 8.68. The molecule has 0 rings (SSSR count). The predicted molar refractivity (Wildman–Crippen MR) is 54.4 cm³/mol. The van der Waals surface area contributed by atoms with Gasteiger partial charge in [-0.2, -0.15) is 0 Å². The molecule has 0 N–H and O–H groups in total. The van der Waals surface area contributed by atoms with Gasteiger partial charge in [0.05, 0.1) is 12.7 Å². The van der Waals surface area contributed by atoms with E-state index in [0.29, 0.717) is 6.10 Å². The molecule has 0 saturated carbocycles. The summed E-state index contributed by atoms with van der Waals surface area (Å²) in [6, 6.07) is 0. The zero-order chi connectivity index (χ0) is 9.23. The summed E-state index contributed by atoms with van der Waals surface area (Å²) in [6.07, 6.45) is 9.43. The van der Waals surface area contributed by atoms with Crippen molar-refractivity contribution in [1.82, 2.24) is 0 Å². The average molecular weight is 170 g/mol. The topological polar surface area (TPSA) is 9.23 Å². The molecule has 0 saturated heterocycles. The van der Waals surface area contributed by atoms with Gasteiger partial charge in [-0.05, 0) is 19.8 Å². The quantitative estimate of drug-likeness (QED) is 0.531. The fourth-order valence-corrected chi connectivity index (χ4v) is 1.24. The van der Waals surface area contributed by atoms with Crippen molar-refractivity contribution in [1.29, 1.82) is 0 Å². The summed E-state index contributed by atoms with van der Waals surface area (Å²) in [7, 11) is 0. The van der Waals surface area contributed by atoms with Gasteiger partial charge in [-0.15, -0.1) is 0 Å². The standard InChI is InChI=1S/C11H22O/c1-4-7-10-12-11(8-5-2)9-6-3/h4,7,11H,5-6,8-10H2,1-3H3/b7-4+. The van der Waals surface area contributed by atoms with Crippen LogP contribution in [-0.2, 0) is 4.74 Å². The first-order valence-corrected chi connectivity index (χ1v) is 5.07. The Labute approximate surface area is 76.8 Å². The first kappa shape index (κ1) is 11.7. The second-order valence-corrected chi connectivity index (χ2v) is 3.10. The summed E-state index contributed by atoms with van der Waals surface area (Å²) >= 11 is 0. The number of allylic oxidation sites excluding steroid dienone is 1. The SMILES string of the molecule is C/C=C/COC(CCC)CCC. The molecule has 0 aliphatic rings. The van der Waals surface area contributed by atoms with Crippen molar-refractivity contribution in [3.05, 3.63) is 12.2 Å². The average Bonchev–Trinajstić information content (AvgIpc) is 2.06. The van der Waals surface area contributed by atoms with E-state index >= 15 is 0 Å². The number of hydrogen-bond donors (Lipinski definition) is 0. The minimum absolute atomic E-state index is 0.483. The van der Waals surface area contributed by atoms with Crippen LogP contribution in [0.3, 0.4) is 0 Å². The van der Waals surface area contributed by atoms with E-state index < -0.39 is 0 Å². The van der Waals surface area contributed by atoms with Gasteiger partial charge >= 0.3 is 0 Å². The molecule has 0 amide bonds. The second-order valence-electron chi connectivity index (χ2n) is 3.10. The van der Waals surface area contributed by atoms with E-state index in [4.69, 9.17) is 4.74 Å². The van der Waals surface area contributed by atoms with Crippen LogP contribution in [0.1, 0.15) is 46.5 Å². The Balaban J connectivity index is 3.47. The Kier molecular flexibility index (Phi) is 8.57. The van der Waals surface area contributed by atoms with Crippen molar-refractivity contribution in [2.24, 2.45) is 0 Å². The van der Waals surface area contributed by atoms with E-state index in [1.807, 2.05) is 13.0 Å². The smallest absolute Gasteiger partial charge is 0.0651 e. The molecular weight excluding hydrogens is 148 g/mol. The molecule has 12 heavy (non-hydrogen) atoms. The van der Waals surface area contributed by atoms with Gasteiger partial charge in [0, 0.05) is 0 Å². The third kappa shape index (κ3) is 6.41. The maximum absolute atomic E-state index is 5.68. The van der Waals surface area contributed by atoms with Crippen molar-refractivity contribution < 1.29 is 4.74 Å². The lowest BCUT2D eigenvalue weighted by Crippen LogP contribution is -2.12. The summed E-state index contributed by atoms with van der Waals surface area (Å²) in [6.45, 7) is 7.22. The van der Waals surface area contributed by atoms with Gasteiger partial charge < -0.3 is 4.74 Å². The van der Waals surface area contributed by atoms with Crippen LogP contribution in [0, 0.1) is 0 Å². The van der Waals surface area contributed by atoms with Crippen molar-refractivity contribution in [3.8, 4) is 0 Å². The molecule has 0 bridgehead atoms. The fraction of sp³-hybridized carbons (Fsp3) is 0.818. The molecule has 0 atom stereocenters. The monoisotopic (exact) mass is 170 g/mol. The Hall–Kier alpha value is -0.300. The molecule has 0 spiro atoms. The predicted octanol–water partition coefficient (Wildman–Crippen LogP) is 3.55. The van der Waals surface area contributed by atoms with Gasteiger partial charge in [-0.25, -0.2) is 0 Å². The van der Waals surface area contributed by atoms with Crippen LogP contribution in [0.4, 0.5) is 0 Å². The van der Waals surface area contributed by atoms with Crippen LogP contribution >= 0.6 is 0 Å². The van der Waals surface area contributed by atoms with E-state index in [2.05, 4.69) is 19.9 Å². The first-order valence-electron chi connectivity index (χ1n) is 5.07. The Bertz CT molecular complexity index is 102. The molecule has 72 valence electrons. The van der Waals surface area contributed by atoms with E-state index in [1.165, 1.54) is 25.7 Å². The minimum atomic E-state index is 0.483. The van der Waals surface area contributed by atoms with Crippen molar-refractivity contribution in [2.45, 2.75) is 52.6 Å². The van der Waals surface area contributed by atoms with Gasteiger partial charge in [-0.3, -0.25) is 0 Å². The summed E-state index contributed by atoms with van der Waals surface area (Å²) < 4.78 is 5.68. The Morgan fingerprint density at radius 2 is 1.75 bits per heavy atom. The highest BCUT2D eigenvalue weighted by Gasteiger charge is 2.04. The van der Waals surface area contributed by atoms with Crippen LogP contribution in [0.25, 0.3) is 0 Å². The maximum atomic E-state index is 5.68. The molecule has 1 heteroatoms. The molecule has 0 aliphatic heterocycles. The van der Waals surface area contributed by atoms with Crippen molar-refractivity contribution >= 4 is 0 Å². The fourth-order valence-electron chi connectivity index (χ4n) is 1.24. The Morgan fingerprint density at radius 3 is 2.17 bits per heavy atom. The minimum Gasteiger partial charge on any atom is -0.374 e. The summed E-state index contributed by atoms with van der Waals surface area (Å²) in [5.74, 6) is 0. The Morgan fingerprint density at radius 1 is 1.17 bits per heavy atom. The van der Waals surface area contributed by atoms with E-state index in [9.17, 15) is 0 Å². The normalized spacial score (nSPS) is 11.7. The van der Waals surface area contributed by atoms with Gasteiger partial charge in [0.2, 0.25) is 0 Å². The molecule has 0 aromatic heterocycles. The van der Waals surface area contributed by atoms with Gasteiger partial charge in [0.25, 0.3) is 0 Å². The number of hydrogen-bond acceptors (Lipinski definition) is 1. The molecule has 0 aliphatic carbocycles. The largest absolute Gasteiger partial charge is 0.374 e. The summed E-state index contributed by atoms with van der Waals surface area (Å²) in [5.41, 5.74) is 0. The van der Waals surface area contributed by atoms with E-state index in [-0.39, 0.29) is 0 Å². The van der Waals surface area contributed by atoms with Gasteiger partial charge in [-0.1, -0.05) is 38.8 Å². The first-order chi connectivity index (χ1) is 5.85. The molecule has 0 aromatic carbocycles. The highest BCUT2D eigenvalue weighted by molar-refractivity contribution is 4.76. The van der Waals surface area contributed by atoms with Crippen LogP contribution < -0.4 is 0 Å². The van der Waals surface area contributed by atoms with Crippen LogP contribution in [0.15, 0.2) is 12.2 Å². The third-order valence-corrected chi connectivity index (χ3v) is 1.89. The molecule has 0 radical (unpaired) electrons. The van der Waals surface area contributed by atoms with Crippen molar-refractivity contribution in [3.63, 3.8) is 0 Å². The molecule has 0 aromatic rings. The van der Waals surface area contributed by atoms with Crippen LogP contribution in [-0.4, -0.2) is 12.7 Å². The van der Waals surface area contributed by atoms with E-state index in [1.54, 1.807) is 0 Å². The maximum Gasteiger partial charge on any atom is 0.0651 e. The van der Waals surface area contributed by atoms with Crippen LogP contribution in [0.2, 0.25) is 0 Å². The van der Waals surface area contributed by atoms with Gasteiger partial charge in [0.15, 0.2) is 0 Å². The highest BCUT2D eigenvalue weighted by atomic mass is 16.5. The lowest BCUT2D eigenvalue weighted by molar-refractivity contribution is 0.0603. The molecule has 1 nitrogen and oxygen atoms in total. The lowest BCUT2D eigenvalue weighted by atomic mass is 10.1. The van der Waals surface area contributed by atoms with E-state index in [0.717, 1.165) is 6.61 Å². The van der Waals surface area contributed by atoms with Crippen LogP contribution in [0.5, 0.6) is 0 Å². The number of ether oxygens (including phenoxy) is 1. The summed E-state index contributed by atoms with van der Waals surface area (Å²) in [4.78, 5) is 0. The van der Waals surface area contributed by atoms with Crippen molar-refractivity contribution in [2.75, 3.05) is 6.61 Å². The molecular formula is C11H22O. The highest BCUT2D eigenvalue weighted by Crippen LogP contribution is 2.08. The molecule has 0 fully saturated rings. The van der Waals surface area contributed by atoms with Gasteiger partial charge in [0.1, 0.15) is 0 Å². The zero-order valence-corrected chi connectivity index (χ0v) is 8.68. The molecule has 0 unspecified atom stereocenters. The summed E-state index contributed by atoms with van der Waals surface area (Å²) in [5, 5.41) is 0. The number of rotatable bonds is 7. The second kappa shape index (κ2) is 8.79. The molecule has 0 heterocycles. The third-order valence-electron chi connectivity index (χ3n) is 1.89. The lowest BCUT2D eigenvalue weighted by Gasteiger charge is -2.14.